The van der Waals surface area contributed by atoms with Crippen molar-refractivity contribution >= 4 is 5.78 Å². The first-order chi connectivity index (χ1) is 9.97. The maximum Gasteiger partial charge on any atom is 0.157 e. The highest BCUT2D eigenvalue weighted by molar-refractivity contribution is 5.90. The Bertz CT molecular complexity index is 512. The lowest BCUT2D eigenvalue weighted by Gasteiger charge is -2.41. The summed E-state index contributed by atoms with van der Waals surface area (Å²) in [5.41, 5.74) is 1.28. The number of Topliss-reactive ketones (excluding diaryl/α,β-unsaturated/α-hetero) is 1. The molecule has 0 spiro atoms. The van der Waals surface area contributed by atoms with E-state index in [1.807, 2.05) is 20.8 Å². The summed E-state index contributed by atoms with van der Waals surface area (Å²) >= 11 is 0. The van der Waals surface area contributed by atoms with Gasteiger partial charge in [0.15, 0.2) is 5.78 Å². The van der Waals surface area contributed by atoms with E-state index in [0.717, 1.165) is 30.6 Å². The van der Waals surface area contributed by atoms with Crippen molar-refractivity contribution in [2.24, 2.45) is 0 Å². The third-order valence-electron chi connectivity index (χ3n) is 4.65. The van der Waals surface area contributed by atoms with Crippen molar-refractivity contribution in [1.82, 2.24) is 4.90 Å². The van der Waals surface area contributed by atoms with Crippen LogP contribution in [-0.4, -0.2) is 42.5 Å². The van der Waals surface area contributed by atoms with Gasteiger partial charge in [-0.1, -0.05) is 13.0 Å². The predicted molar refractivity (Wildman–Crippen MR) is 80.9 cm³/mol. The standard InChI is InChI=1S/C17H24FNO2/c1-4-17(3,19-7-9-21-10-8-19)16(20)12-14-5-6-15(18)11-13(14)2/h5-6,11H,4,7-10,12H2,1-3H3. The van der Waals surface area contributed by atoms with Crippen molar-refractivity contribution < 1.29 is 13.9 Å². The molecule has 0 bridgehead atoms. The molecule has 1 heterocycles. The van der Waals surface area contributed by atoms with E-state index >= 15 is 0 Å². The van der Waals surface area contributed by atoms with Crippen LogP contribution in [0, 0.1) is 12.7 Å². The van der Waals surface area contributed by atoms with Crippen LogP contribution in [0.15, 0.2) is 18.2 Å². The lowest BCUT2D eigenvalue weighted by Crippen LogP contribution is -2.56. The molecule has 1 aromatic carbocycles. The highest BCUT2D eigenvalue weighted by Crippen LogP contribution is 2.24. The average molecular weight is 293 g/mol. The molecule has 1 fully saturated rings. The molecule has 1 unspecified atom stereocenters. The molecule has 0 aliphatic carbocycles. The van der Waals surface area contributed by atoms with Gasteiger partial charge in [0, 0.05) is 19.5 Å². The number of nitrogens with zero attached hydrogens (tertiary/aromatic N) is 1. The largest absolute Gasteiger partial charge is 0.379 e. The van der Waals surface area contributed by atoms with E-state index < -0.39 is 5.54 Å². The van der Waals surface area contributed by atoms with Crippen LogP contribution in [0.25, 0.3) is 0 Å². The Labute approximate surface area is 126 Å². The second-order valence-corrected chi connectivity index (χ2v) is 5.90. The summed E-state index contributed by atoms with van der Waals surface area (Å²) < 4.78 is 18.5. The van der Waals surface area contributed by atoms with Crippen molar-refractivity contribution in [1.29, 1.82) is 0 Å². The molecule has 1 saturated heterocycles. The first kappa shape index (κ1) is 16.1. The van der Waals surface area contributed by atoms with E-state index in [2.05, 4.69) is 4.90 Å². The van der Waals surface area contributed by atoms with Gasteiger partial charge in [0.25, 0.3) is 0 Å². The number of carbonyl (C=O) groups excluding carboxylic acids is 1. The summed E-state index contributed by atoms with van der Waals surface area (Å²) in [7, 11) is 0. The summed E-state index contributed by atoms with van der Waals surface area (Å²) in [6.45, 7) is 8.85. The second-order valence-electron chi connectivity index (χ2n) is 5.90. The quantitative estimate of drug-likeness (QED) is 0.836. The first-order valence-electron chi connectivity index (χ1n) is 7.58. The Kier molecular flexibility index (Phi) is 5.12. The number of benzene rings is 1. The molecule has 2 rings (SSSR count). The topological polar surface area (TPSA) is 29.5 Å². The Morgan fingerprint density at radius 3 is 2.62 bits per heavy atom. The minimum absolute atomic E-state index is 0.196. The number of ketones is 1. The van der Waals surface area contributed by atoms with Gasteiger partial charge in [-0.2, -0.15) is 0 Å². The molecular weight excluding hydrogens is 269 g/mol. The fourth-order valence-electron chi connectivity index (χ4n) is 2.88. The van der Waals surface area contributed by atoms with Crippen LogP contribution in [0.4, 0.5) is 4.39 Å². The average Bonchev–Trinajstić information content (AvgIpc) is 2.50. The van der Waals surface area contributed by atoms with Crippen LogP contribution in [-0.2, 0) is 16.0 Å². The summed E-state index contributed by atoms with van der Waals surface area (Å²) in [6.07, 6.45) is 1.12. The van der Waals surface area contributed by atoms with E-state index in [1.54, 1.807) is 6.07 Å². The smallest absolute Gasteiger partial charge is 0.157 e. The van der Waals surface area contributed by atoms with Gasteiger partial charge in [0.2, 0.25) is 0 Å². The van der Waals surface area contributed by atoms with Crippen molar-refractivity contribution in [2.45, 2.75) is 39.2 Å². The summed E-state index contributed by atoms with van der Waals surface area (Å²) in [6, 6.07) is 4.63. The number of rotatable bonds is 5. The summed E-state index contributed by atoms with van der Waals surface area (Å²) in [5, 5.41) is 0. The molecule has 1 atom stereocenters. The van der Waals surface area contributed by atoms with Crippen molar-refractivity contribution in [2.75, 3.05) is 26.3 Å². The van der Waals surface area contributed by atoms with Gasteiger partial charge in [0.05, 0.1) is 18.8 Å². The van der Waals surface area contributed by atoms with Gasteiger partial charge in [-0.25, -0.2) is 4.39 Å². The van der Waals surface area contributed by atoms with E-state index in [-0.39, 0.29) is 11.6 Å². The molecule has 0 radical (unpaired) electrons. The maximum absolute atomic E-state index is 13.2. The Balaban J connectivity index is 2.15. The normalized spacial score (nSPS) is 19.2. The third kappa shape index (κ3) is 3.50. The van der Waals surface area contributed by atoms with Crippen LogP contribution in [0.1, 0.15) is 31.4 Å². The number of hydrogen-bond donors (Lipinski definition) is 0. The van der Waals surface area contributed by atoms with E-state index in [4.69, 9.17) is 4.74 Å². The van der Waals surface area contributed by atoms with Gasteiger partial charge in [-0.15, -0.1) is 0 Å². The molecule has 116 valence electrons. The van der Waals surface area contributed by atoms with Crippen molar-refractivity contribution in [3.05, 3.63) is 35.1 Å². The molecule has 0 amide bonds. The monoisotopic (exact) mass is 293 g/mol. The SMILES string of the molecule is CCC(C)(C(=O)Cc1ccc(F)cc1C)N1CCOCC1. The first-order valence-corrected chi connectivity index (χ1v) is 7.58. The minimum atomic E-state index is -0.468. The zero-order valence-electron chi connectivity index (χ0n) is 13.1. The lowest BCUT2D eigenvalue weighted by molar-refractivity contribution is -0.133. The van der Waals surface area contributed by atoms with Crippen LogP contribution in [0.3, 0.4) is 0 Å². The molecule has 0 aromatic heterocycles. The van der Waals surface area contributed by atoms with Crippen molar-refractivity contribution in [3.8, 4) is 0 Å². The number of carbonyl (C=O) groups is 1. The van der Waals surface area contributed by atoms with Crippen LogP contribution in [0.2, 0.25) is 0 Å². The van der Waals surface area contributed by atoms with Gasteiger partial charge in [-0.05, 0) is 43.5 Å². The second kappa shape index (κ2) is 6.67. The fourth-order valence-corrected chi connectivity index (χ4v) is 2.88. The lowest BCUT2D eigenvalue weighted by atomic mass is 9.86. The Hall–Kier alpha value is -1.26. The molecule has 3 nitrogen and oxygen atoms in total. The molecule has 1 aromatic rings. The molecule has 1 aliphatic rings. The molecule has 21 heavy (non-hydrogen) atoms. The van der Waals surface area contributed by atoms with E-state index in [0.29, 0.717) is 19.6 Å². The minimum Gasteiger partial charge on any atom is -0.379 e. The van der Waals surface area contributed by atoms with Gasteiger partial charge < -0.3 is 4.74 Å². The summed E-state index contributed by atoms with van der Waals surface area (Å²) in [4.78, 5) is 15.0. The maximum atomic E-state index is 13.2. The third-order valence-corrected chi connectivity index (χ3v) is 4.65. The Morgan fingerprint density at radius 1 is 1.38 bits per heavy atom. The van der Waals surface area contributed by atoms with Gasteiger partial charge >= 0.3 is 0 Å². The predicted octanol–water partition coefficient (Wildman–Crippen LogP) is 2.75. The number of hydrogen-bond acceptors (Lipinski definition) is 3. The molecule has 0 N–H and O–H groups in total. The number of halogens is 1. The van der Waals surface area contributed by atoms with Gasteiger partial charge in [0.1, 0.15) is 5.82 Å². The molecular formula is C17H24FNO2. The van der Waals surface area contributed by atoms with Crippen LogP contribution in [0.5, 0.6) is 0 Å². The number of morpholine rings is 1. The van der Waals surface area contributed by atoms with Gasteiger partial charge in [-0.3, -0.25) is 9.69 Å². The van der Waals surface area contributed by atoms with E-state index in [9.17, 15) is 9.18 Å². The Morgan fingerprint density at radius 2 is 2.05 bits per heavy atom. The van der Waals surface area contributed by atoms with E-state index in [1.165, 1.54) is 12.1 Å². The van der Waals surface area contributed by atoms with Crippen LogP contribution < -0.4 is 0 Å². The molecule has 1 aliphatic heterocycles. The summed E-state index contributed by atoms with van der Waals surface area (Å²) in [5.74, 6) is -0.0586. The fraction of sp³-hybridized carbons (Fsp3) is 0.588. The number of ether oxygens (including phenoxy) is 1. The molecule has 4 heteroatoms. The zero-order valence-corrected chi connectivity index (χ0v) is 13.1. The zero-order chi connectivity index (χ0) is 15.5. The molecule has 0 saturated carbocycles. The highest BCUT2D eigenvalue weighted by Gasteiger charge is 2.37. The number of aryl methyl sites for hydroxylation is 1. The highest BCUT2D eigenvalue weighted by atomic mass is 19.1. The van der Waals surface area contributed by atoms with Crippen molar-refractivity contribution in [3.63, 3.8) is 0 Å². The van der Waals surface area contributed by atoms with Crippen LogP contribution >= 0.6 is 0 Å².